The van der Waals surface area contributed by atoms with Crippen molar-refractivity contribution in [2.45, 2.75) is 56.0 Å². The van der Waals surface area contributed by atoms with E-state index in [0.29, 0.717) is 17.0 Å². The third kappa shape index (κ3) is 4.09. The van der Waals surface area contributed by atoms with Gasteiger partial charge in [0.05, 0.1) is 5.25 Å². The molecule has 1 amide bonds. The summed E-state index contributed by atoms with van der Waals surface area (Å²) in [5.74, 6) is 0.499. The summed E-state index contributed by atoms with van der Waals surface area (Å²) in [4.78, 5) is 20.5. The lowest BCUT2D eigenvalue weighted by atomic mass is 10.2. The highest BCUT2D eigenvalue weighted by atomic mass is 32.2. The third-order valence-corrected chi connectivity index (χ3v) is 4.17. The van der Waals surface area contributed by atoms with Gasteiger partial charge in [-0.3, -0.25) is 4.79 Å². The Labute approximate surface area is 117 Å². The number of amides is 1. The second kappa shape index (κ2) is 6.23. The van der Waals surface area contributed by atoms with E-state index in [1.165, 1.54) is 24.6 Å². The summed E-state index contributed by atoms with van der Waals surface area (Å²) in [6, 6.07) is 2.06. The Hall–Kier alpha value is -1.30. The molecule has 1 atom stereocenters. The Morgan fingerprint density at radius 1 is 1.47 bits per heavy atom. The van der Waals surface area contributed by atoms with Gasteiger partial charge < -0.3 is 11.1 Å². The monoisotopic (exact) mass is 280 g/mol. The Kier molecular flexibility index (Phi) is 4.63. The summed E-state index contributed by atoms with van der Waals surface area (Å²) in [6.07, 6.45) is 4.61. The summed E-state index contributed by atoms with van der Waals surface area (Å²) in [5, 5.41) is 3.44. The maximum Gasteiger partial charge on any atom is 0.233 e. The molecule has 19 heavy (non-hydrogen) atoms. The first-order valence-corrected chi connectivity index (χ1v) is 7.51. The van der Waals surface area contributed by atoms with Crippen LogP contribution >= 0.6 is 11.8 Å². The molecular weight excluding hydrogens is 260 g/mol. The molecule has 0 aliphatic heterocycles. The van der Waals surface area contributed by atoms with Crippen LogP contribution in [0.2, 0.25) is 0 Å². The minimum absolute atomic E-state index is 0.0561. The van der Waals surface area contributed by atoms with Gasteiger partial charge in [-0.15, -0.1) is 0 Å². The van der Waals surface area contributed by atoms with Gasteiger partial charge in [0.25, 0.3) is 0 Å². The molecule has 0 aromatic carbocycles. The third-order valence-electron chi connectivity index (χ3n) is 3.21. The van der Waals surface area contributed by atoms with E-state index in [1.807, 2.05) is 13.8 Å². The number of carbonyl (C=O) groups is 1. The van der Waals surface area contributed by atoms with Gasteiger partial charge in [-0.25, -0.2) is 9.97 Å². The zero-order chi connectivity index (χ0) is 13.8. The van der Waals surface area contributed by atoms with Crippen LogP contribution in [0.1, 0.15) is 38.3 Å². The molecule has 0 radical (unpaired) electrons. The predicted molar refractivity (Wildman–Crippen MR) is 76.9 cm³/mol. The normalized spacial score (nSPS) is 17.4. The van der Waals surface area contributed by atoms with Crippen molar-refractivity contribution >= 4 is 23.5 Å². The summed E-state index contributed by atoms with van der Waals surface area (Å²) >= 11 is 1.35. The van der Waals surface area contributed by atoms with Crippen molar-refractivity contribution in [3.63, 3.8) is 0 Å². The summed E-state index contributed by atoms with van der Waals surface area (Å²) in [7, 11) is 0. The molecule has 0 bridgehead atoms. The van der Waals surface area contributed by atoms with Gasteiger partial charge >= 0.3 is 0 Å². The molecule has 1 aliphatic rings. The number of aromatic nitrogens is 2. The maximum absolute atomic E-state index is 12.1. The number of thioether (sulfide) groups is 1. The molecular formula is C13H20N4OS. The van der Waals surface area contributed by atoms with Gasteiger partial charge in [0.2, 0.25) is 5.91 Å². The van der Waals surface area contributed by atoms with Crippen LogP contribution in [0.15, 0.2) is 11.2 Å². The lowest BCUT2D eigenvalue weighted by molar-refractivity contribution is -0.120. The molecule has 3 N–H and O–H groups in total. The van der Waals surface area contributed by atoms with Gasteiger partial charge in [-0.1, -0.05) is 24.6 Å². The van der Waals surface area contributed by atoms with Crippen LogP contribution in [0, 0.1) is 6.92 Å². The zero-order valence-electron chi connectivity index (χ0n) is 11.3. The first-order valence-electron chi connectivity index (χ1n) is 6.63. The lowest BCUT2D eigenvalue weighted by Gasteiger charge is -2.15. The molecule has 0 spiro atoms. The van der Waals surface area contributed by atoms with Crippen molar-refractivity contribution in [3.05, 3.63) is 11.8 Å². The van der Waals surface area contributed by atoms with Gasteiger partial charge in [-0.05, 0) is 26.7 Å². The highest BCUT2D eigenvalue weighted by Crippen LogP contribution is 2.22. The average molecular weight is 280 g/mol. The number of hydrogen-bond donors (Lipinski definition) is 2. The maximum atomic E-state index is 12.1. The molecule has 0 saturated heterocycles. The minimum atomic E-state index is -0.207. The Morgan fingerprint density at radius 2 is 2.16 bits per heavy atom. The molecule has 6 heteroatoms. The molecule has 1 aromatic rings. The number of hydrogen-bond acceptors (Lipinski definition) is 5. The first kappa shape index (κ1) is 14.1. The van der Waals surface area contributed by atoms with E-state index in [1.54, 1.807) is 6.07 Å². The molecule has 1 aliphatic carbocycles. The molecule has 1 aromatic heterocycles. The first-order chi connectivity index (χ1) is 9.04. The molecule has 1 saturated carbocycles. The number of nitrogens with one attached hydrogen (secondary N) is 1. The number of aryl methyl sites for hydroxylation is 1. The highest BCUT2D eigenvalue weighted by molar-refractivity contribution is 8.00. The average Bonchev–Trinajstić information content (AvgIpc) is 2.80. The van der Waals surface area contributed by atoms with E-state index in [0.717, 1.165) is 18.5 Å². The standard InChI is InChI=1S/C13H20N4OS/c1-8-7-11(14)17-13(15-8)19-9(2)12(18)16-10-5-3-4-6-10/h7,9-10H,3-6H2,1-2H3,(H,16,18)(H2,14,15,17). The number of nitrogen functional groups attached to an aromatic ring is 1. The van der Waals surface area contributed by atoms with Crippen molar-refractivity contribution in [2.24, 2.45) is 0 Å². The number of carbonyl (C=O) groups excluding carboxylic acids is 1. The summed E-state index contributed by atoms with van der Waals surface area (Å²) < 4.78 is 0. The highest BCUT2D eigenvalue weighted by Gasteiger charge is 2.22. The Morgan fingerprint density at radius 3 is 2.79 bits per heavy atom. The molecule has 1 fully saturated rings. The van der Waals surface area contributed by atoms with E-state index in [4.69, 9.17) is 5.73 Å². The fourth-order valence-corrected chi connectivity index (χ4v) is 3.06. The van der Waals surface area contributed by atoms with Crippen LogP contribution in [0.4, 0.5) is 5.82 Å². The van der Waals surface area contributed by atoms with E-state index in [2.05, 4.69) is 15.3 Å². The minimum Gasteiger partial charge on any atom is -0.384 e. The molecule has 5 nitrogen and oxygen atoms in total. The number of anilines is 1. The van der Waals surface area contributed by atoms with Gasteiger partial charge in [0.15, 0.2) is 5.16 Å². The van der Waals surface area contributed by atoms with Crippen LogP contribution < -0.4 is 11.1 Å². The number of nitrogens with zero attached hydrogens (tertiary/aromatic N) is 2. The van der Waals surface area contributed by atoms with Crippen LogP contribution in [0.3, 0.4) is 0 Å². The summed E-state index contributed by atoms with van der Waals surface area (Å²) in [6.45, 7) is 3.74. The molecule has 1 heterocycles. The molecule has 2 rings (SSSR count). The summed E-state index contributed by atoms with van der Waals surface area (Å²) in [5.41, 5.74) is 6.50. The largest absolute Gasteiger partial charge is 0.384 e. The van der Waals surface area contributed by atoms with E-state index in [-0.39, 0.29) is 11.2 Å². The van der Waals surface area contributed by atoms with Crippen LogP contribution in [0.5, 0.6) is 0 Å². The number of rotatable bonds is 4. The molecule has 104 valence electrons. The van der Waals surface area contributed by atoms with Crippen molar-refractivity contribution in [1.29, 1.82) is 0 Å². The quantitative estimate of drug-likeness (QED) is 0.650. The second-order valence-electron chi connectivity index (χ2n) is 4.97. The SMILES string of the molecule is Cc1cc(N)nc(SC(C)C(=O)NC2CCCC2)n1. The van der Waals surface area contributed by atoms with E-state index < -0.39 is 0 Å². The van der Waals surface area contributed by atoms with Crippen molar-refractivity contribution in [2.75, 3.05) is 5.73 Å². The van der Waals surface area contributed by atoms with E-state index >= 15 is 0 Å². The van der Waals surface area contributed by atoms with Crippen molar-refractivity contribution in [1.82, 2.24) is 15.3 Å². The topological polar surface area (TPSA) is 80.9 Å². The number of nitrogens with two attached hydrogens (primary N) is 1. The Balaban J connectivity index is 1.91. The molecule has 1 unspecified atom stereocenters. The zero-order valence-corrected chi connectivity index (χ0v) is 12.2. The van der Waals surface area contributed by atoms with Crippen molar-refractivity contribution < 1.29 is 4.79 Å². The van der Waals surface area contributed by atoms with Crippen LogP contribution in [0.25, 0.3) is 0 Å². The fraction of sp³-hybridized carbons (Fsp3) is 0.615. The van der Waals surface area contributed by atoms with Crippen LogP contribution in [-0.4, -0.2) is 27.2 Å². The van der Waals surface area contributed by atoms with Gasteiger partial charge in [-0.2, -0.15) is 0 Å². The van der Waals surface area contributed by atoms with Crippen LogP contribution in [-0.2, 0) is 4.79 Å². The lowest BCUT2D eigenvalue weighted by Crippen LogP contribution is -2.37. The second-order valence-corrected chi connectivity index (χ2v) is 6.27. The van der Waals surface area contributed by atoms with E-state index in [9.17, 15) is 4.79 Å². The predicted octanol–water partition coefficient (Wildman–Crippen LogP) is 1.91. The fourth-order valence-electron chi connectivity index (χ4n) is 2.22. The van der Waals surface area contributed by atoms with Crippen molar-refractivity contribution in [3.8, 4) is 0 Å². The van der Waals surface area contributed by atoms with Gasteiger partial charge in [0.1, 0.15) is 5.82 Å². The smallest absolute Gasteiger partial charge is 0.233 e. The Bertz CT molecular complexity index is 440. The van der Waals surface area contributed by atoms with Gasteiger partial charge in [0, 0.05) is 17.8 Å².